The smallest absolute Gasteiger partial charge is 0.347 e. The van der Waals surface area contributed by atoms with Gasteiger partial charge in [0.15, 0.2) is 0 Å². The van der Waals surface area contributed by atoms with Crippen molar-refractivity contribution in [1.82, 2.24) is 0 Å². The summed E-state index contributed by atoms with van der Waals surface area (Å²) in [6.07, 6.45) is 6.32. The second-order valence-electron chi connectivity index (χ2n) is 5.54. The van der Waals surface area contributed by atoms with Gasteiger partial charge in [-0.2, -0.15) is 0 Å². The van der Waals surface area contributed by atoms with Crippen molar-refractivity contribution in [2.75, 3.05) is 0 Å². The fourth-order valence-electron chi connectivity index (χ4n) is 1.46. The number of rotatable bonds is 7. The van der Waals surface area contributed by atoms with Crippen LogP contribution >= 0.6 is 0 Å². The molecule has 0 saturated carbocycles. The molecule has 3 heteroatoms. The van der Waals surface area contributed by atoms with Gasteiger partial charge in [-0.1, -0.05) is 41.0 Å². The van der Waals surface area contributed by atoms with E-state index in [0.717, 1.165) is 12.8 Å². The Morgan fingerprint density at radius 3 is 2.24 bits per heavy atom. The first-order valence-electron chi connectivity index (χ1n) is 6.36. The molecule has 0 rings (SSSR count). The minimum absolute atomic E-state index is 0.00272. The molecule has 0 aromatic rings. The minimum Gasteiger partial charge on any atom is -0.484 e. The van der Waals surface area contributed by atoms with Crippen LogP contribution in [0, 0.1) is 5.41 Å². The summed E-state index contributed by atoms with van der Waals surface area (Å²) in [6, 6.07) is 0. The van der Waals surface area contributed by atoms with E-state index >= 15 is 0 Å². The van der Waals surface area contributed by atoms with Crippen LogP contribution in [0.4, 0.5) is 0 Å². The first-order chi connectivity index (χ1) is 7.77. The Labute approximate surface area is 105 Å². The number of unbranched alkanes of at least 4 members (excludes halogenated alkanes) is 1. The summed E-state index contributed by atoms with van der Waals surface area (Å²) in [4.78, 5) is 11.4. The van der Waals surface area contributed by atoms with Crippen LogP contribution in [0.3, 0.4) is 0 Å². The first-order valence-corrected chi connectivity index (χ1v) is 6.36. The third-order valence-electron chi connectivity index (χ3n) is 2.76. The van der Waals surface area contributed by atoms with Gasteiger partial charge in [0, 0.05) is 0 Å². The van der Waals surface area contributed by atoms with Crippen molar-refractivity contribution in [2.24, 2.45) is 5.41 Å². The van der Waals surface area contributed by atoms with E-state index in [1.807, 2.05) is 40.7 Å². The van der Waals surface area contributed by atoms with Crippen molar-refractivity contribution >= 4 is 5.97 Å². The highest BCUT2D eigenvalue weighted by Gasteiger charge is 2.37. The predicted molar refractivity (Wildman–Crippen MR) is 69.9 cm³/mol. The number of hydrogen-bond acceptors (Lipinski definition) is 2. The van der Waals surface area contributed by atoms with Gasteiger partial charge < -0.3 is 9.84 Å². The monoisotopic (exact) mass is 242 g/mol. The van der Waals surface area contributed by atoms with Crippen LogP contribution in [-0.4, -0.2) is 16.7 Å². The highest BCUT2D eigenvalue weighted by atomic mass is 16.5. The summed E-state index contributed by atoms with van der Waals surface area (Å²) in [5, 5.41) is 9.32. The van der Waals surface area contributed by atoms with E-state index in [2.05, 4.69) is 0 Å². The lowest BCUT2D eigenvalue weighted by Gasteiger charge is -2.28. The summed E-state index contributed by atoms with van der Waals surface area (Å²) in [5.74, 6) is -0.869. The number of carbonyl (C=O) groups is 1. The van der Waals surface area contributed by atoms with Gasteiger partial charge in [-0.05, 0) is 30.8 Å². The maximum Gasteiger partial charge on any atom is 0.347 e. The maximum atomic E-state index is 11.4. The summed E-state index contributed by atoms with van der Waals surface area (Å²) in [5.41, 5.74) is -1.06. The Morgan fingerprint density at radius 1 is 1.29 bits per heavy atom. The molecule has 0 aromatic heterocycles. The quantitative estimate of drug-likeness (QED) is 0.687. The van der Waals surface area contributed by atoms with Crippen molar-refractivity contribution in [3.8, 4) is 0 Å². The molecule has 0 aliphatic heterocycles. The van der Waals surface area contributed by atoms with Gasteiger partial charge in [-0.25, -0.2) is 4.79 Å². The minimum atomic E-state index is -1.06. The van der Waals surface area contributed by atoms with Crippen molar-refractivity contribution in [3.05, 3.63) is 12.3 Å². The maximum absolute atomic E-state index is 11.4. The molecule has 0 spiro atoms. The molecule has 100 valence electrons. The zero-order valence-corrected chi connectivity index (χ0v) is 11.7. The van der Waals surface area contributed by atoms with E-state index in [-0.39, 0.29) is 5.41 Å². The lowest BCUT2D eigenvalue weighted by atomic mass is 9.93. The highest BCUT2D eigenvalue weighted by Crippen LogP contribution is 2.25. The Bertz CT molecular complexity index is 263. The van der Waals surface area contributed by atoms with Crippen LogP contribution in [0.2, 0.25) is 0 Å². The lowest BCUT2D eigenvalue weighted by Crippen LogP contribution is -2.39. The second-order valence-corrected chi connectivity index (χ2v) is 5.54. The SMILES string of the molecule is CCCCC(CC)(OC=CC(C)(C)C)C(=O)O. The van der Waals surface area contributed by atoms with E-state index in [4.69, 9.17) is 4.74 Å². The van der Waals surface area contributed by atoms with Crippen LogP contribution < -0.4 is 0 Å². The highest BCUT2D eigenvalue weighted by molar-refractivity contribution is 5.77. The average molecular weight is 242 g/mol. The topological polar surface area (TPSA) is 46.5 Å². The van der Waals surface area contributed by atoms with E-state index in [1.54, 1.807) is 6.26 Å². The second kappa shape index (κ2) is 6.67. The molecule has 1 N–H and O–H groups in total. The number of aliphatic carboxylic acids is 1. The number of carboxylic acids is 1. The van der Waals surface area contributed by atoms with Crippen LogP contribution in [0.1, 0.15) is 60.3 Å². The van der Waals surface area contributed by atoms with E-state index in [1.165, 1.54) is 0 Å². The number of carboxylic acid groups (broad SMARTS) is 1. The number of ether oxygens (including phenoxy) is 1. The summed E-state index contributed by atoms with van der Waals surface area (Å²) in [6.45, 7) is 10.1. The van der Waals surface area contributed by atoms with Crippen LogP contribution in [-0.2, 0) is 9.53 Å². The van der Waals surface area contributed by atoms with Gasteiger partial charge in [-0.15, -0.1) is 0 Å². The summed E-state index contributed by atoms with van der Waals surface area (Å²) < 4.78 is 5.54. The predicted octanol–water partition coefficient (Wildman–Crippen LogP) is 3.99. The lowest BCUT2D eigenvalue weighted by molar-refractivity contribution is -0.160. The Morgan fingerprint density at radius 2 is 1.88 bits per heavy atom. The van der Waals surface area contributed by atoms with Crippen molar-refractivity contribution in [1.29, 1.82) is 0 Å². The molecular weight excluding hydrogens is 216 g/mol. The third kappa shape index (κ3) is 5.76. The van der Waals surface area contributed by atoms with E-state index in [9.17, 15) is 9.90 Å². The molecule has 1 unspecified atom stereocenters. The summed E-state index contributed by atoms with van der Waals surface area (Å²) in [7, 11) is 0. The molecule has 0 heterocycles. The Kier molecular flexibility index (Phi) is 6.29. The largest absolute Gasteiger partial charge is 0.484 e. The van der Waals surface area contributed by atoms with Gasteiger partial charge in [0.25, 0.3) is 0 Å². The van der Waals surface area contributed by atoms with Crippen molar-refractivity contribution in [2.45, 2.75) is 65.9 Å². The average Bonchev–Trinajstić information content (AvgIpc) is 2.21. The van der Waals surface area contributed by atoms with Crippen molar-refractivity contribution < 1.29 is 14.6 Å². The van der Waals surface area contributed by atoms with Gasteiger partial charge in [0.2, 0.25) is 5.60 Å². The standard InChI is InChI=1S/C14H26O3/c1-6-8-9-14(7-2,12(15)16)17-11-10-13(3,4)5/h10-11H,6-9H2,1-5H3,(H,15,16). The van der Waals surface area contributed by atoms with E-state index < -0.39 is 11.6 Å². The van der Waals surface area contributed by atoms with Crippen LogP contribution in [0.25, 0.3) is 0 Å². The fraction of sp³-hybridized carbons (Fsp3) is 0.786. The third-order valence-corrected chi connectivity index (χ3v) is 2.76. The Balaban J connectivity index is 4.69. The van der Waals surface area contributed by atoms with Crippen LogP contribution in [0.5, 0.6) is 0 Å². The molecule has 0 aliphatic rings. The number of hydrogen-bond donors (Lipinski definition) is 1. The molecule has 17 heavy (non-hydrogen) atoms. The molecule has 0 bridgehead atoms. The normalized spacial score (nSPS) is 15.8. The molecule has 0 aromatic carbocycles. The van der Waals surface area contributed by atoms with E-state index in [0.29, 0.717) is 12.8 Å². The Hall–Kier alpha value is -0.990. The molecule has 1 atom stereocenters. The van der Waals surface area contributed by atoms with Gasteiger partial charge in [0.1, 0.15) is 0 Å². The van der Waals surface area contributed by atoms with Crippen LogP contribution in [0.15, 0.2) is 12.3 Å². The summed E-state index contributed by atoms with van der Waals surface area (Å²) >= 11 is 0. The molecule has 3 nitrogen and oxygen atoms in total. The fourth-order valence-corrected chi connectivity index (χ4v) is 1.46. The van der Waals surface area contributed by atoms with Crippen molar-refractivity contribution in [3.63, 3.8) is 0 Å². The van der Waals surface area contributed by atoms with Gasteiger partial charge >= 0.3 is 5.97 Å². The van der Waals surface area contributed by atoms with Gasteiger partial charge in [-0.3, -0.25) is 0 Å². The zero-order chi connectivity index (χ0) is 13.5. The zero-order valence-electron chi connectivity index (χ0n) is 11.7. The first kappa shape index (κ1) is 16.0. The molecule has 0 fully saturated rings. The van der Waals surface area contributed by atoms with Gasteiger partial charge in [0.05, 0.1) is 6.26 Å². The molecule has 0 saturated heterocycles. The number of allylic oxidation sites excluding steroid dienone is 1. The molecule has 0 amide bonds. The molecule has 0 radical (unpaired) electrons. The molecule has 0 aliphatic carbocycles. The molecular formula is C14H26O3.